The van der Waals surface area contributed by atoms with E-state index < -0.39 is 9.84 Å². The maximum Gasteiger partial charge on any atom is 0.246 e. The van der Waals surface area contributed by atoms with E-state index in [9.17, 15) is 13.2 Å². The van der Waals surface area contributed by atoms with Crippen LogP contribution in [0.5, 0.6) is 0 Å². The molecule has 0 radical (unpaired) electrons. The second kappa shape index (κ2) is 8.95. The van der Waals surface area contributed by atoms with Crippen LogP contribution in [0.4, 0.5) is 0 Å². The van der Waals surface area contributed by atoms with Crippen molar-refractivity contribution in [1.29, 1.82) is 0 Å². The molecule has 6 nitrogen and oxygen atoms in total. The molecular formula is C22H29N3O3S. The first kappa shape index (κ1) is 21.3. The molecule has 0 bridgehead atoms. The summed E-state index contributed by atoms with van der Waals surface area (Å²) in [5.41, 5.74) is 3.69. The van der Waals surface area contributed by atoms with Crippen molar-refractivity contribution in [3.05, 3.63) is 53.4 Å². The molecule has 2 heterocycles. The van der Waals surface area contributed by atoms with Crippen molar-refractivity contribution in [2.45, 2.75) is 46.1 Å². The number of carbonyl (C=O) groups excluding carboxylic acids is 1. The molecular weight excluding hydrogens is 386 g/mol. The number of aromatic nitrogens is 2. The topological polar surface area (TPSA) is 72.3 Å². The van der Waals surface area contributed by atoms with Crippen molar-refractivity contribution in [3.8, 4) is 5.69 Å². The zero-order chi connectivity index (χ0) is 21.0. The van der Waals surface area contributed by atoms with E-state index in [0.717, 1.165) is 35.5 Å². The van der Waals surface area contributed by atoms with Gasteiger partial charge < -0.3 is 4.90 Å². The highest BCUT2D eigenvalue weighted by molar-refractivity contribution is 7.91. The Morgan fingerprint density at radius 2 is 2.00 bits per heavy atom. The fourth-order valence-corrected chi connectivity index (χ4v) is 5.52. The molecule has 0 N–H and O–H groups in total. The Morgan fingerprint density at radius 1 is 1.28 bits per heavy atom. The number of unbranched alkanes of at least 4 members (excludes halogenated alkanes) is 1. The van der Waals surface area contributed by atoms with Gasteiger partial charge in [-0.15, -0.1) is 0 Å². The first-order chi connectivity index (χ1) is 13.8. The van der Waals surface area contributed by atoms with Crippen molar-refractivity contribution < 1.29 is 13.2 Å². The molecule has 1 aromatic carbocycles. The summed E-state index contributed by atoms with van der Waals surface area (Å²) in [5.74, 6) is 0.103. The summed E-state index contributed by atoms with van der Waals surface area (Å²) in [6, 6.07) is 9.65. The predicted molar refractivity (Wildman–Crippen MR) is 116 cm³/mol. The quantitative estimate of drug-likeness (QED) is 0.651. The first-order valence-corrected chi connectivity index (χ1v) is 11.9. The predicted octanol–water partition coefficient (Wildman–Crippen LogP) is 3.32. The van der Waals surface area contributed by atoms with Gasteiger partial charge in [0.05, 0.1) is 22.9 Å². The molecule has 2 aromatic rings. The number of aryl methyl sites for hydroxylation is 1. The van der Waals surface area contributed by atoms with E-state index in [-0.39, 0.29) is 23.5 Å². The summed E-state index contributed by atoms with van der Waals surface area (Å²) in [4.78, 5) is 14.7. The molecule has 0 spiro atoms. The minimum absolute atomic E-state index is 0.0697. The highest BCUT2D eigenvalue weighted by Gasteiger charge is 2.33. The molecule has 7 heteroatoms. The Morgan fingerprint density at radius 3 is 2.62 bits per heavy atom. The molecule has 0 saturated carbocycles. The molecule has 156 valence electrons. The summed E-state index contributed by atoms with van der Waals surface area (Å²) < 4.78 is 25.6. The third-order valence-corrected chi connectivity index (χ3v) is 7.18. The van der Waals surface area contributed by atoms with Crippen LogP contribution in [0.25, 0.3) is 11.8 Å². The van der Waals surface area contributed by atoms with Crippen molar-refractivity contribution >= 4 is 21.8 Å². The largest absolute Gasteiger partial charge is 0.335 e. The van der Waals surface area contributed by atoms with E-state index in [1.54, 1.807) is 11.0 Å². The van der Waals surface area contributed by atoms with Gasteiger partial charge in [0.2, 0.25) is 5.91 Å². The van der Waals surface area contributed by atoms with Crippen LogP contribution in [-0.2, 0) is 14.6 Å². The molecule has 1 saturated heterocycles. The molecule has 29 heavy (non-hydrogen) atoms. The van der Waals surface area contributed by atoms with Crippen LogP contribution in [0, 0.1) is 13.8 Å². The molecule has 1 aliphatic heterocycles. The maximum absolute atomic E-state index is 12.9. The monoisotopic (exact) mass is 415 g/mol. The maximum atomic E-state index is 12.9. The summed E-state index contributed by atoms with van der Waals surface area (Å²) >= 11 is 0. The zero-order valence-corrected chi connectivity index (χ0v) is 18.2. The number of nitrogens with zero attached hydrogens (tertiary/aromatic N) is 3. The summed E-state index contributed by atoms with van der Waals surface area (Å²) in [6.45, 7) is 6.56. The van der Waals surface area contributed by atoms with E-state index in [4.69, 9.17) is 0 Å². The number of para-hydroxylation sites is 1. The van der Waals surface area contributed by atoms with Gasteiger partial charge in [-0.1, -0.05) is 31.5 Å². The van der Waals surface area contributed by atoms with E-state index in [0.29, 0.717) is 13.0 Å². The lowest BCUT2D eigenvalue weighted by atomic mass is 10.1. The zero-order valence-electron chi connectivity index (χ0n) is 17.3. The van der Waals surface area contributed by atoms with Gasteiger partial charge in [-0.3, -0.25) is 4.79 Å². The minimum atomic E-state index is -3.04. The standard InChI is InChI=1S/C22H29N3O3S/c1-4-5-14-24(20-13-15-29(27,28)16-20)22(26)12-11-21-17(2)23-25(18(21)3)19-9-7-6-8-10-19/h6-12,20H,4-5,13-16H2,1-3H3/b12-11+. The van der Waals surface area contributed by atoms with Crippen molar-refractivity contribution in [3.63, 3.8) is 0 Å². The van der Waals surface area contributed by atoms with E-state index in [1.807, 2.05) is 54.9 Å². The highest BCUT2D eigenvalue weighted by atomic mass is 32.2. The Kier molecular flexibility index (Phi) is 6.57. The number of hydrogen-bond acceptors (Lipinski definition) is 4. The van der Waals surface area contributed by atoms with Gasteiger partial charge >= 0.3 is 0 Å². The van der Waals surface area contributed by atoms with E-state index >= 15 is 0 Å². The second-order valence-corrected chi connectivity index (χ2v) is 9.84. The Labute approximate surface area is 173 Å². The van der Waals surface area contributed by atoms with E-state index in [2.05, 4.69) is 12.0 Å². The summed E-state index contributed by atoms with van der Waals surface area (Å²) in [5, 5.41) is 4.61. The summed E-state index contributed by atoms with van der Waals surface area (Å²) in [6.07, 6.45) is 5.71. The molecule has 0 aliphatic carbocycles. The third kappa shape index (κ3) is 4.96. The Bertz CT molecular complexity index is 994. The molecule has 1 aromatic heterocycles. The van der Waals surface area contributed by atoms with Crippen molar-refractivity contribution in [1.82, 2.24) is 14.7 Å². The van der Waals surface area contributed by atoms with Crippen LogP contribution in [0.2, 0.25) is 0 Å². The third-order valence-electron chi connectivity index (χ3n) is 5.43. The number of rotatable bonds is 7. The fourth-order valence-electron chi connectivity index (χ4n) is 3.79. The number of carbonyl (C=O) groups is 1. The normalized spacial score (nSPS) is 18.4. The van der Waals surface area contributed by atoms with Gasteiger partial charge in [0.15, 0.2) is 9.84 Å². The highest BCUT2D eigenvalue weighted by Crippen LogP contribution is 2.21. The van der Waals surface area contributed by atoms with Crippen LogP contribution in [0.1, 0.15) is 43.1 Å². The fraction of sp³-hybridized carbons (Fsp3) is 0.455. The SMILES string of the molecule is CCCCN(C(=O)/C=C/c1c(C)nn(-c2ccccc2)c1C)C1CCS(=O)(=O)C1. The van der Waals surface area contributed by atoms with Crippen LogP contribution >= 0.6 is 0 Å². The minimum Gasteiger partial charge on any atom is -0.335 e. The lowest BCUT2D eigenvalue weighted by Crippen LogP contribution is -2.40. The number of hydrogen-bond donors (Lipinski definition) is 0. The molecule has 1 aliphatic rings. The van der Waals surface area contributed by atoms with E-state index in [1.165, 1.54) is 0 Å². The molecule has 1 atom stereocenters. The molecule has 1 fully saturated rings. The van der Waals surface area contributed by atoms with Gasteiger partial charge in [-0.25, -0.2) is 13.1 Å². The van der Waals surface area contributed by atoms with Gasteiger partial charge in [-0.2, -0.15) is 5.10 Å². The van der Waals surface area contributed by atoms with Gasteiger partial charge in [-0.05, 0) is 44.9 Å². The lowest BCUT2D eigenvalue weighted by molar-refractivity contribution is -0.127. The summed E-state index contributed by atoms with van der Waals surface area (Å²) in [7, 11) is -3.04. The molecule has 1 unspecified atom stereocenters. The van der Waals surface area contributed by atoms with Crippen LogP contribution in [-0.4, -0.2) is 53.1 Å². The van der Waals surface area contributed by atoms with Crippen LogP contribution < -0.4 is 0 Å². The number of amides is 1. The second-order valence-electron chi connectivity index (χ2n) is 7.61. The molecule has 1 amide bonds. The Hall–Kier alpha value is -2.41. The van der Waals surface area contributed by atoms with Gasteiger partial charge in [0, 0.05) is 29.9 Å². The van der Waals surface area contributed by atoms with Gasteiger partial charge in [0.25, 0.3) is 0 Å². The Balaban J connectivity index is 1.82. The first-order valence-electron chi connectivity index (χ1n) is 10.1. The number of sulfone groups is 1. The average molecular weight is 416 g/mol. The van der Waals surface area contributed by atoms with Crippen LogP contribution in [0.3, 0.4) is 0 Å². The molecule has 3 rings (SSSR count). The van der Waals surface area contributed by atoms with Crippen LogP contribution in [0.15, 0.2) is 36.4 Å². The van der Waals surface area contributed by atoms with Gasteiger partial charge in [0.1, 0.15) is 0 Å². The lowest BCUT2D eigenvalue weighted by Gasteiger charge is -2.27. The van der Waals surface area contributed by atoms with Crippen molar-refractivity contribution in [2.24, 2.45) is 0 Å². The average Bonchev–Trinajstić information content (AvgIpc) is 3.19. The number of benzene rings is 1. The smallest absolute Gasteiger partial charge is 0.246 e. The van der Waals surface area contributed by atoms with Crippen molar-refractivity contribution in [2.75, 3.05) is 18.1 Å².